The Morgan fingerprint density at radius 2 is 1.85 bits per heavy atom. The number of anilines is 2. The first-order valence-electron chi connectivity index (χ1n) is 10.4. The second-order valence-electron chi connectivity index (χ2n) is 7.57. The topological polar surface area (TPSA) is 94.0 Å². The first-order valence-corrected chi connectivity index (χ1v) is 10.4. The predicted octanol–water partition coefficient (Wildman–Crippen LogP) is 4.54. The number of pyridine rings is 1. The third-order valence-electron chi connectivity index (χ3n) is 5.05. The van der Waals surface area contributed by atoms with Gasteiger partial charge in [-0.3, -0.25) is 9.20 Å². The fraction of sp³-hybridized carbons (Fsp3) is 0.160. The molecule has 0 aliphatic carbocycles. The molecule has 4 aromatic rings. The highest BCUT2D eigenvalue weighted by atomic mass is 16.5. The maximum Gasteiger partial charge on any atom is 0.323 e. The van der Waals surface area contributed by atoms with Crippen molar-refractivity contribution < 1.29 is 14.3 Å². The van der Waals surface area contributed by atoms with Gasteiger partial charge in [-0.1, -0.05) is 18.2 Å². The minimum atomic E-state index is -0.405. The van der Waals surface area contributed by atoms with Crippen molar-refractivity contribution in [2.75, 3.05) is 17.7 Å². The quantitative estimate of drug-likeness (QED) is 0.455. The van der Waals surface area contributed by atoms with Gasteiger partial charge in [-0.05, 0) is 55.3 Å². The summed E-state index contributed by atoms with van der Waals surface area (Å²) in [4.78, 5) is 29.3. The van der Waals surface area contributed by atoms with Gasteiger partial charge in [-0.2, -0.15) is 0 Å². The lowest BCUT2D eigenvalue weighted by Gasteiger charge is -2.14. The fourth-order valence-electron chi connectivity index (χ4n) is 3.37. The molecule has 0 saturated carbocycles. The Morgan fingerprint density at radius 1 is 1.00 bits per heavy atom. The van der Waals surface area contributed by atoms with E-state index in [1.54, 1.807) is 43.6 Å². The smallest absolute Gasteiger partial charge is 0.323 e. The summed E-state index contributed by atoms with van der Waals surface area (Å²) in [7, 11) is 1.55. The van der Waals surface area contributed by atoms with Gasteiger partial charge in [0.05, 0.1) is 18.5 Å². The van der Waals surface area contributed by atoms with Crippen molar-refractivity contribution in [3.63, 3.8) is 0 Å². The van der Waals surface area contributed by atoms with Crippen molar-refractivity contribution in [2.24, 2.45) is 0 Å². The largest absolute Gasteiger partial charge is 0.495 e. The first-order chi connectivity index (χ1) is 15.9. The van der Waals surface area contributed by atoms with Crippen LogP contribution in [0.5, 0.6) is 11.5 Å². The number of hydrogen-bond donors (Lipinski definition) is 2. The average molecular weight is 444 g/mol. The summed E-state index contributed by atoms with van der Waals surface area (Å²) < 4.78 is 12.7. The predicted molar refractivity (Wildman–Crippen MR) is 127 cm³/mol. The lowest BCUT2D eigenvalue weighted by Crippen LogP contribution is -2.20. The molecule has 0 bridgehead atoms. The number of nitrogens with one attached hydrogen (secondary N) is 2. The van der Waals surface area contributed by atoms with Crippen molar-refractivity contribution >= 4 is 23.1 Å². The van der Waals surface area contributed by atoms with E-state index >= 15 is 0 Å². The molecule has 2 heterocycles. The number of benzene rings is 2. The monoisotopic (exact) mass is 444 g/mol. The minimum Gasteiger partial charge on any atom is -0.495 e. The Bertz CT molecular complexity index is 1380. The number of carbonyl (C=O) groups excluding carboxylic acids is 1. The number of aromatic nitrogens is 2. The van der Waals surface area contributed by atoms with E-state index in [1.807, 2.05) is 38.1 Å². The summed E-state index contributed by atoms with van der Waals surface area (Å²) in [6.45, 7) is 3.96. The van der Waals surface area contributed by atoms with Gasteiger partial charge in [0, 0.05) is 24.0 Å². The summed E-state index contributed by atoms with van der Waals surface area (Å²) in [5, 5.41) is 5.61. The zero-order valence-electron chi connectivity index (χ0n) is 18.6. The van der Waals surface area contributed by atoms with Crippen LogP contribution >= 0.6 is 0 Å². The highest BCUT2D eigenvalue weighted by molar-refractivity contribution is 6.00. The van der Waals surface area contributed by atoms with Gasteiger partial charge in [0.25, 0.3) is 5.56 Å². The molecule has 0 atom stereocenters. The molecule has 0 fully saturated rings. The van der Waals surface area contributed by atoms with E-state index < -0.39 is 6.03 Å². The molecular formula is C25H24N4O4. The highest BCUT2D eigenvalue weighted by Crippen LogP contribution is 2.26. The van der Waals surface area contributed by atoms with Crippen LogP contribution in [-0.4, -0.2) is 22.5 Å². The van der Waals surface area contributed by atoms with Crippen molar-refractivity contribution in [1.29, 1.82) is 0 Å². The molecule has 0 spiro atoms. The highest BCUT2D eigenvalue weighted by Gasteiger charge is 2.10. The molecule has 4 rings (SSSR count). The third kappa shape index (κ3) is 5.12. The standard InChI is InChI=1S/C25H24N4O4/c1-16-7-10-21(32-3)20(12-16)28-25(31)27-18-9-8-17(2)22(13-18)33-15-19-14-24(30)29-11-5-4-6-23(29)26-19/h4-14H,15H2,1-3H3,(H2,27,28,31). The minimum absolute atomic E-state index is 0.123. The first kappa shape index (κ1) is 21.9. The number of ether oxygens (including phenoxy) is 2. The summed E-state index contributed by atoms with van der Waals surface area (Å²) in [5.41, 5.74) is 3.93. The Morgan fingerprint density at radius 3 is 2.67 bits per heavy atom. The molecule has 2 N–H and O–H groups in total. The van der Waals surface area contributed by atoms with Crippen LogP contribution in [0.1, 0.15) is 16.8 Å². The lowest BCUT2D eigenvalue weighted by atomic mass is 10.2. The summed E-state index contributed by atoms with van der Waals surface area (Å²) in [6.07, 6.45) is 1.67. The zero-order valence-corrected chi connectivity index (χ0v) is 18.6. The van der Waals surface area contributed by atoms with Crippen LogP contribution in [0.15, 0.2) is 71.7 Å². The van der Waals surface area contributed by atoms with Gasteiger partial charge in [0.15, 0.2) is 0 Å². The van der Waals surface area contributed by atoms with E-state index in [-0.39, 0.29) is 12.2 Å². The van der Waals surface area contributed by atoms with E-state index in [0.717, 1.165) is 11.1 Å². The molecule has 0 radical (unpaired) electrons. The molecule has 2 aromatic heterocycles. The van der Waals surface area contributed by atoms with Gasteiger partial charge in [-0.15, -0.1) is 0 Å². The summed E-state index contributed by atoms with van der Waals surface area (Å²) in [5.74, 6) is 1.15. The van der Waals surface area contributed by atoms with Gasteiger partial charge in [0.1, 0.15) is 23.8 Å². The molecule has 0 aliphatic rings. The Labute approximate surface area is 190 Å². The fourth-order valence-corrected chi connectivity index (χ4v) is 3.37. The second-order valence-corrected chi connectivity index (χ2v) is 7.57. The molecule has 2 aromatic carbocycles. The number of fused-ring (bicyclic) bond motifs is 1. The van der Waals surface area contributed by atoms with Gasteiger partial charge in [-0.25, -0.2) is 9.78 Å². The van der Waals surface area contributed by atoms with Crippen LogP contribution in [0, 0.1) is 13.8 Å². The number of nitrogens with zero attached hydrogens (tertiary/aromatic N) is 2. The normalized spacial score (nSPS) is 10.6. The van der Waals surface area contributed by atoms with Crippen molar-refractivity contribution in [3.05, 3.63) is 94.0 Å². The number of methoxy groups -OCH3 is 1. The van der Waals surface area contributed by atoms with E-state index in [1.165, 1.54) is 10.5 Å². The van der Waals surface area contributed by atoms with Crippen LogP contribution in [0.25, 0.3) is 5.65 Å². The SMILES string of the molecule is COc1ccc(C)cc1NC(=O)Nc1ccc(C)c(OCc2cc(=O)n3ccccc3n2)c1. The van der Waals surface area contributed by atoms with E-state index in [4.69, 9.17) is 9.47 Å². The maximum absolute atomic E-state index is 12.5. The number of rotatable bonds is 6. The Balaban J connectivity index is 1.46. The maximum atomic E-state index is 12.5. The second kappa shape index (κ2) is 9.44. The number of hydrogen-bond acceptors (Lipinski definition) is 5. The Hall–Kier alpha value is -4.33. The van der Waals surface area contributed by atoms with Gasteiger partial charge < -0.3 is 20.1 Å². The van der Waals surface area contributed by atoms with Gasteiger partial charge >= 0.3 is 6.03 Å². The molecule has 33 heavy (non-hydrogen) atoms. The molecule has 0 unspecified atom stereocenters. The molecular weight excluding hydrogens is 420 g/mol. The zero-order chi connectivity index (χ0) is 23.4. The van der Waals surface area contributed by atoms with Crippen LogP contribution in [0.2, 0.25) is 0 Å². The van der Waals surface area contributed by atoms with Crippen LogP contribution in [-0.2, 0) is 6.61 Å². The van der Waals surface area contributed by atoms with E-state index in [2.05, 4.69) is 15.6 Å². The van der Waals surface area contributed by atoms with Crippen LogP contribution in [0.4, 0.5) is 16.2 Å². The van der Waals surface area contributed by atoms with E-state index in [9.17, 15) is 9.59 Å². The Kier molecular flexibility index (Phi) is 6.26. The van der Waals surface area contributed by atoms with Gasteiger partial charge in [0.2, 0.25) is 0 Å². The summed E-state index contributed by atoms with van der Waals surface area (Å²) in [6, 6.07) is 17.3. The van der Waals surface area contributed by atoms with Crippen molar-refractivity contribution in [3.8, 4) is 11.5 Å². The third-order valence-corrected chi connectivity index (χ3v) is 5.05. The number of urea groups is 1. The number of aryl methyl sites for hydroxylation is 2. The molecule has 2 amide bonds. The number of carbonyl (C=O) groups is 1. The molecule has 8 heteroatoms. The molecule has 168 valence electrons. The molecule has 0 aliphatic heterocycles. The van der Waals surface area contributed by atoms with Crippen LogP contribution < -0.4 is 25.7 Å². The average Bonchev–Trinajstić information content (AvgIpc) is 2.79. The van der Waals surface area contributed by atoms with Crippen molar-refractivity contribution in [1.82, 2.24) is 9.38 Å². The molecule has 8 nitrogen and oxygen atoms in total. The van der Waals surface area contributed by atoms with E-state index in [0.29, 0.717) is 34.2 Å². The molecule has 0 saturated heterocycles. The number of amides is 2. The van der Waals surface area contributed by atoms with Crippen molar-refractivity contribution in [2.45, 2.75) is 20.5 Å². The summed E-state index contributed by atoms with van der Waals surface area (Å²) >= 11 is 0. The van der Waals surface area contributed by atoms with Crippen LogP contribution in [0.3, 0.4) is 0 Å². The lowest BCUT2D eigenvalue weighted by molar-refractivity contribution is 0.262.